The van der Waals surface area contributed by atoms with E-state index in [0.717, 1.165) is 38.4 Å². The Balaban J connectivity index is 1.65. The van der Waals surface area contributed by atoms with Crippen molar-refractivity contribution in [3.05, 3.63) is 23.8 Å². The quantitative estimate of drug-likeness (QED) is 0.350. The van der Waals surface area contributed by atoms with Crippen LogP contribution in [-0.2, 0) is 28.5 Å². The summed E-state index contributed by atoms with van der Waals surface area (Å²) in [6, 6.07) is 0. The number of aliphatic hydroxyl groups is 1. The number of hydrogen-bond donors (Lipinski definition) is 1. The monoisotopic (exact) mass is 532 g/mol. The first-order valence-electron chi connectivity index (χ1n) is 13.7. The van der Waals surface area contributed by atoms with Crippen LogP contribution in [-0.4, -0.2) is 61.0 Å². The van der Waals surface area contributed by atoms with Gasteiger partial charge >= 0.3 is 12.3 Å². The Bertz CT molecular complexity index is 1030. The standard InChI is InChI=1S/C29H40O9/c1-5-6-7-14-36-26(34)38-29(23(32)17-37-25(33)35-4)13-11-21-20-9-8-18-15-19(30)10-12-27(18,2)24(20)22(31)16-28(21,29)3/h10,12,15,20-22,24,31H,5-9,11,13-14,16-17H2,1-4H3/t20-,21-,22?,24+,27-,28-,29-/m0/s1. The van der Waals surface area contributed by atoms with E-state index in [4.69, 9.17) is 14.2 Å². The fourth-order valence-corrected chi connectivity index (χ4v) is 7.98. The largest absolute Gasteiger partial charge is 0.509 e. The van der Waals surface area contributed by atoms with Gasteiger partial charge in [-0.25, -0.2) is 9.59 Å². The fraction of sp³-hybridized carbons (Fsp3) is 0.724. The zero-order chi connectivity index (χ0) is 27.7. The molecule has 0 aromatic carbocycles. The highest BCUT2D eigenvalue weighted by atomic mass is 16.7. The van der Waals surface area contributed by atoms with Gasteiger partial charge in [0, 0.05) is 16.7 Å². The number of hydrogen-bond acceptors (Lipinski definition) is 9. The number of methoxy groups -OCH3 is 1. The minimum absolute atomic E-state index is 0.0322. The van der Waals surface area contributed by atoms with Gasteiger partial charge in [-0.1, -0.05) is 45.3 Å². The van der Waals surface area contributed by atoms with Crippen LogP contribution in [0, 0.1) is 28.6 Å². The lowest BCUT2D eigenvalue weighted by Crippen LogP contribution is -2.63. The summed E-state index contributed by atoms with van der Waals surface area (Å²) < 4.78 is 20.8. The molecule has 0 heterocycles. The first-order chi connectivity index (χ1) is 18.0. The number of allylic oxidation sites excluding steroid dienone is 4. The Hall–Kier alpha value is -2.68. The molecule has 7 atom stereocenters. The Labute approximate surface area is 223 Å². The Morgan fingerprint density at radius 2 is 1.87 bits per heavy atom. The summed E-state index contributed by atoms with van der Waals surface area (Å²) >= 11 is 0. The number of ether oxygens (including phenoxy) is 4. The van der Waals surface area contributed by atoms with Crippen molar-refractivity contribution in [3.8, 4) is 0 Å². The molecule has 1 N–H and O–H groups in total. The molecule has 0 bridgehead atoms. The molecule has 4 aliphatic rings. The van der Waals surface area contributed by atoms with Crippen molar-refractivity contribution in [1.82, 2.24) is 0 Å². The van der Waals surface area contributed by atoms with Crippen LogP contribution in [0.25, 0.3) is 0 Å². The van der Waals surface area contributed by atoms with Gasteiger partial charge in [-0.3, -0.25) is 9.59 Å². The minimum atomic E-state index is -1.62. The van der Waals surface area contributed by atoms with Crippen LogP contribution < -0.4 is 0 Å². The molecule has 9 nitrogen and oxygen atoms in total. The van der Waals surface area contributed by atoms with Gasteiger partial charge in [-0.05, 0) is 62.5 Å². The molecule has 0 aliphatic heterocycles. The number of carbonyl (C=O) groups is 4. The normalized spacial score (nSPS) is 37.3. The fourth-order valence-electron chi connectivity index (χ4n) is 7.98. The van der Waals surface area contributed by atoms with Gasteiger partial charge in [0.05, 0.1) is 19.8 Å². The highest BCUT2D eigenvalue weighted by Gasteiger charge is 2.70. The third-order valence-electron chi connectivity index (χ3n) is 9.78. The van der Waals surface area contributed by atoms with Crippen molar-refractivity contribution >= 4 is 23.9 Å². The first-order valence-corrected chi connectivity index (χ1v) is 13.7. The molecule has 0 saturated heterocycles. The van der Waals surface area contributed by atoms with Gasteiger partial charge in [0.1, 0.15) is 0 Å². The molecule has 0 amide bonds. The van der Waals surface area contributed by atoms with E-state index in [0.29, 0.717) is 12.8 Å². The van der Waals surface area contributed by atoms with Crippen molar-refractivity contribution < 1.29 is 43.2 Å². The average molecular weight is 533 g/mol. The van der Waals surface area contributed by atoms with Gasteiger partial charge in [-0.2, -0.15) is 0 Å². The number of fused-ring (bicyclic) bond motifs is 5. The van der Waals surface area contributed by atoms with Crippen molar-refractivity contribution in [2.24, 2.45) is 28.6 Å². The van der Waals surface area contributed by atoms with E-state index in [2.05, 4.69) is 11.7 Å². The Kier molecular flexibility index (Phi) is 8.07. The molecule has 9 heteroatoms. The topological polar surface area (TPSA) is 125 Å². The van der Waals surface area contributed by atoms with Gasteiger partial charge in [0.15, 0.2) is 18.0 Å². The number of Topliss-reactive ketones (excluding diaryl/α,β-unsaturated/α-hetero) is 1. The lowest BCUT2D eigenvalue weighted by Gasteiger charge is -2.59. The highest BCUT2D eigenvalue weighted by molar-refractivity contribution is 6.01. The molecule has 0 aromatic rings. The van der Waals surface area contributed by atoms with Crippen LogP contribution in [0.3, 0.4) is 0 Å². The van der Waals surface area contributed by atoms with E-state index in [9.17, 15) is 24.3 Å². The Morgan fingerprint density at radius 1 is 1.11 bits per heavy atom. The number of carbonyl (C=O) groups excluding carboxylic acids is 4. The summed E-state index contributed by atoms with van der Waals surface area (Å²) in [5.74, 6) is -0.703. The van der Waals surface area contributed by atoms with Gasteiger partial charge in [-0.15, -0.1) is 0 Å². The van der Waals surface area contributed by atoms with Crippen molar-refractivity contribution in [1.29, 1.82) is 0 Å². The molecule has 3 fully saturated rings. The maximum atomic E-state index is 13.7. The van der Waals surface area contributed by atoms with E-state index < -0.39 is 47.2 Å². The molecule has 0 radical (unpaired) electrons. The lowest BCUT2D eigenvalue weighted by molar-refractivity contribution is -0.184. The molecule has 4 aliphatic carbocycles. The zero-order valence-corrected chi connectivity index (χ0v) is 22.8. The molecular weight excluding hydrogens is 492 g/mol. The number of ketones is 2. The summed E-state index contributed by atoms with van der Waals surface area (Å²) in [4.78, 5) is 50.3. The number of unbranched alkanes of at least 4 members (excludes halogenated alkanes) is 2. The lowest BCUT2D eigenvalue weighted by atomic mass is 9.46. The first kappa shape index (κ1) is 28.3. The molecule has 3 saturated carbocycles. The number of rotatable bonds is 8. The van der Waals surface area contributed by atoms with E-state index in [1.165, 1.54) is 0 Å². The molecule has 38 heavy (non-hydrogen) atoms. The van der Waals surface area contributed by atoms with E-state index in [-0.39, 0.29) is 43.0 Å². The number of aliphatic hydroxyl groups excluding tert-OH is 1. The second-order valence-electron chi connectivity index (χ2n) is 11.7. The second kappa shape index (κ2) is 10.8. The summed E-state index contributed by atoms with van der Waals surface area (Å²) in [6.45, 7) is 5.59. The van der Waals surface area contributed by atoms with Crippen molar-refractivity contribution in [3.63, 3.8) is 0 Å². The second-order valence-corrected chi connectivity index (χ2v) is 11.7. The highest BCUT2D eigenvalue weighted by Crippen LogP contribution is 2.68. The van der Waals surface area contributed by atoms with Crippen LogP contribution in [0.15, 0.2) is 23.8 Å². The summed E-state index contributed by atoms with van der Waals surface area (Å²) in [7, 11) is 1.15. The van der Waals surface area contributed by atoms with Gasteiger partial charge in [0.25, 0.3) is 0 Å². The third-order valence-corrected chi connectivity index (χ3v) is 9.78. The predicted octanol–water partition coefficient (Wildman–Crippen LogP) is 4.70. The van der Waals surface area contributed by atoms with Crippen molar-refractivity contribution in [2.75, 3.05) is 20.3 Å². The summed E-state index contributed by atoms with van der Waals surface area (Å²) in [5, 5.41) is 11.7. The smallest absolute Gasteiger partial charge is 0.438 e. The Morgan fingerprint density at radius 3 is 2.58 bits per heavy atom. The molecule has 0 aromatic heterocycles. The molecule has 0 spiro atoms. The van der Waals surface area contributed by atoms with Crippen molar-refractivity contribution in [2.45, 2.75) is 83.8 Å². The maximum absolute atomic E-state index is 13.7. The SMILES string of the molecule is CCCCCOC(=O)O[C@]1(C(=O)COC(=O)OC)CC[C@H]2[C@@H]3CCC4=CC(=O)C=C[C@]4(C)[C@H]3C(O)C[C@@]21C. The maximum Gasteiger partial charge on any atom is 0.509 e. The zero-order valence-electron chi connectivity index (χ0n) is 22.8. The summed E-state index contributed by atoms with van der Waals surface area (Å²) in [6.07, 6.45) is 7.56. The molecule has 210 valence electrons. The van der Waals surface area contributed by atoms with E-state index in [1.807, 2.05) is 19.9 Å². The van der Waals surface area contributed by atoms with E-state index >= 15 is 0 Å². The predicted molar refractivity (Wildman–Crippen MR) is 136 cm³/mol. The molecule has 1 unspecified atom stereocenters. The van der Waals surface area contributed by atoms with Gasteiger partial charge in [0.2, 0.25) is 5.78 Å². The van der Waals surface area contributed by atoms with Crippen LogP contribution in [0.5, 0.6) is 0 Å². The van der Waals surface area contributed by atoms with E-state index in [1.54, 1.807) is 12.2 Å². The van der Waals surface area contributed by atoms with Gasteiger partial charge < -0.3 is 24.1 Å². The third kappa shape index (κ3) is 4.67. The molecular formula is C29H40O9. The molecule has 4 rings (SSSR count). The average Bonchev–Trinajstić information content (AvgIpc) is 3.17. The van der Waals surface area contributed by atoms with Crippen LogP contribution in [0.2, 0.25) is 0 Å². The van der Waals surface area contributed by atoms with Crippen LogP contribution in [0.4, 0.5) is 9.59 Å². The van der Waals surface area contributed by atoms with Crippen LogP contribution in [0.1, 0.15) is 72.1 Å². The minimum Gasteiger partial charge on any atom is -0.438 e. The summed E-state index contributed by atoms with van der Waals surface area (Å²) in [5.41, 5.74) is -1.94. The van der Waals surface area contributed by atoms with Crippen LogP contribution >= 0.6 is 0 Å².